The fourth-order valence-electron chi connectivity index (χ4n) is 3.62. The molecule has 2 aromatic heterocycles. The summed E-state index contributed by atoms with van der Waals surface area (Å²) in [7, 11) is -1.72. The predicted molar refractivity (Wildman–Crippen MR) is 110 cm³/mol. The van der Waals surface area contributed by atoms with Crippen LogP contribution in [0.4, 0.5) is 13.2 Å². The minimum Gasteiger partial charge on any atom is -0.423 e. The largest absolute Gasteiger partial charge is 0.489 e. The molecule has 4 aromatic rings. The highest BCUT2D eigenvalue weighted by Gasteiger charge is 2.37. The molecule has 0 aliphatic carbocycles. The number of aromatic amines is 1. The summed E-state index contributed by atoms with van der Waals surface area (Å²) in [6.45, 7) is 0. The molecule has 2 heterocycles. The number of thiophene rings is 1. The van der Waals surface area contributed by atoms with E-state index in [9.17, 15) is 23.2 Å². The van der Waals surface area contributed by atoms with Crippen molar-refractivity contribution in [3.05, 3.63) is 76.5 Å². The molecule has 0 saturated carbocycles. The number of para-hydroxylation sites is 1. The molecule has 1 unspecified atom stereocenters. The van der Waals surface area contributed by atoms with Crippen molar-refractivity contribution in [2.45, 2.75) is 18.5 Å². The van der Waals surface area contributed by atoms with Gasteiger partial charge in [-0.15, -0.1) is 11.3 Å². The summed E-state index contributed by atoms with van der Waals surface area (Å²) in [5, 5.41) is 21.0. The highest BCUT2D eigenvalue weighted by atomic mass is 32.1. The zero-order chi connectivity index (χ0) is 20.6. The second-order valence-corrected chi connectivity index (χ2v) is 7.80. The second-order valence-electron chi connectivity index (χ2n) is 6.85. The van der Waals surface area contributed by atoms with Gasteiger partial charge in [0.25, 0.3) is 0 Å². The molecule has 8 heteroatoms. The van der Waals surface area contributed by atoms with Gasteiger partial charge in [0, 0.05) is 21.7 Å². The van der Waals surface area contributed by atoms with Gasteiger partial charge >= 0.3 is 13.3 Å². The third-order valence-corrected chi connectivity index (χ3v) is 5.94. The number of fused-ring (bicyclic) bond motifs is 1. The van der Waals surface area contributed by atoms with Crippen molar-refractivity contribution >= 4 is 34.8 Å². The molecule has 1 atom stereocenters. The molecule has 0 aliphatic rings. The fraction of sp³-hybridized carbons (Fsp3) is 0.143. The van der Waals surface area contributed by atoms with Crippen LogP contribution < -0.4 is 5.46 Å². The molecule has 3 nitrogen and oxygen atoms in total. The van der Waals surface area contributed by atoms with Gasteiger partial charge in [-0.1, -0.05) is 48.5 Å². The molecule has 2 aromatic carbocycles. The zero-order valence-electron chi connectivity index (χ0n) is 15.1. The standard InChI is InChI=1S/C21H17BF3NO2S/c23-21(24,25)11-16(18-10-14(12-29-18)22(27)28)19-15-8-4-5-9-17(15)26-20(19)13-6-2-1-3-7-13/h1-10,12,16,26-28H,11H2. The van der Waals surface area contributed by atoms with Crippen LogP contribution in [0, 0.1) is 0 Å². The van der Waals surface area contributed by atoms with E-state index in [1.807, 2.05) is 48.5 Å². The van der Waals surface area contributed by atoms with Crippen LogP contribution in [0.3, 0.4) is 0 Å². The van der Waals surface area contributed by atoms with Crippen LogP contribution in [0.5, 0.6) is 0 Å². The molecule has 0 fully saturated rings. The quantitative estimate of drug-likeness (QED) is 0.416. The van der Waals surface area contributed by atoms with Crippen molar-refractivity contribution in [3.63, 3.8) is 0 Å². The number of H-pyrrole nitrogens is 1. The number of benzene rings is 2. The first-order valence-electron chi connectivity index (χ1n) is 9.01. The molecule has 0 amide bonds. The number of nitrogens with one attached hydrogen (secondary N) is 1. The van der Waals surface area contributed by atoms with E-state index in [0.717, 1.165) is 27.8 Å². The van der Waals surface area contributed by atoms with Gasteiger partial charge in [0.2, 0.25) is 0 Å². The molecule has 4 rings (SSSR count). The van der Waals surface area contributed by atoms with Crippen LogP contribution in [-0.4, -0.2) is 28.3 Å². The minimum atomic E-state index is -4.39. The van der Waals surface area contributed by atoms with Crippen molar-refractivity contribution in [2.24, 2.45) is 0 Å². The van der Waals surface area contributed by atoms with Crippen molar-refractivity contribution < 1.29 is 23.2 Å². The van der Waals surface area contributed by atoms with E-state index in [-0.39, 0.29) is 5.46 Å². The van der Waals surface area contributed by atoms with E-state index in [0.29, 0.717) is 16.1 Å². The first kappa shape index (κ1) is 19.8. The molecule has 148 valence electrons. The van der Waals surface area contributed by atoms with Gasteiger partial charge in [-0.2, -0.15) is 13.2 Å². The van der Waals surface area contributed by atoms with Gasteiger partial charge in [-0.25, -0.2) is 0 Å². The van der Waals surface area contributed by atoms with Gasteiger partial charge in [0.05, 0.1) is 12.1 Å². The third kappa shape index (κ3) is 4.10. The summed E-state index contributed by atoms with van der Waals surface area (Å²) < 4.78 is 40.7. The van der Waals surface area contributed by atoms with E-state index in [2.05, 4.69) is 4.98 Å². The smallest absolute Gasteiger partial charge is 0.423 e. The number of halogens is 3. The lowest BCUT2D eigenvalue weighted by Gasteiger charge is -2.19. The Morgan fingerprint density at radius 2 is 1.69 bits per heavy atom. The van der Waals surface area contributed by atoms with Crippen molar-refractivity contribution in [1.29, 1.82) is 0 Å². The summed E-state index contributed by atoms with van der Waals surface area (Å²) in [6.07, 6.45) is -5.44. The van der Waals surface area contributed by atoms with Crippen LogP contribution in [0.15, 0.2) is 66.0 Å². The highest BCUT2D eigenvalue weighted by molar-refractivity contribution is 7.11. The monoisotopic (exact) mass is 415 g/mol. The Morgan fingerprint density at radius 3 is 2.34 bits per heavy atom. The molecule has 0 spiro atoms. The van der Waals surface area contributed by atoms with Crippen LogP contribution in [-0.2, 0) is 0 Å². The van der Waals surface area contributed by atoms with Crippen LogP contribution in [0.2, 0.25) is 0 Å². The maximum atomic E-state index is 13.6. The van der Waals surface area contributed by atoms with Gasteiger partial charge < -0.3 is 15.0 Å². The Kier molecular flexibility index (Phi) is 5.25. The highest BCUT2D eigenvalue weighted by Crippen LogP contribution is 2.44. The Bertz CT molecular complexity index is 1120. The lowest BCUT2D eigenvalue weighted by atomic mass is 9.81. The van der Waals surface area contributed by atoms with Gasteiger partial charge in [-0.3, -0.25) is 0 Å². The molecule has 3 N–H and O–H groups in total. The SMILES string of the molecule is OB(O)c1csc(C(CC(F)(F)F)c2c(-c3ccccc3)[nH]c3ccccc23)c1. The van der Waals surface area contributed by atoms with Crippen LogP contribution in [0.25, 0.3) is 22.2 Å². The van der Waals surface area contributed by atoms with Crippen molar-refractivity contribution in [3.8, 4) is 11.3 Å². The molecular weight excluding hydrogens is 398 g/mol. The molecule has 29 heavy (non-hydrogen) atoms. The van der Waals surface area contributed by atoms with E-state index < -0.39 is 25.6 Å². The number of aromatic nitrogens is 1. The normalized spacial score (nSPS) is 13.0. The molecule has 0 bridgehead atoms. The number of rotatable bonds is 5. The Morgan fingerprint density at radius 1 is 1.00 bits per heavy atom. The second kappa shape index (κ2) is 7.70. The molecular formula is C21H17BF3NO2S. The van der Waals surface area contributed by atoms with Gasteiger partial charge in [0.1, 0.15) is 0 Å². The van der Waals surface area contributed by atoms with Gasteiger partial charge in [-0.05, 0) is 34.1 Å². The maximum absolute atomic E-state index is 13.6. The fourth-order valence-corrected chi connectivity index (χ4v) is 4.65. The summed E-state index contributed by atoms with van der Waals surface area (Å²) >= 11 is 1.10. The predicted octanol–water partition coefficient (Wildman–Crippen LogP) is 4.66. The van der Waals surface area contributed by atoms with E-state index >= 15 is 0 Å². The summed E-state index contributed by atoms with van der Waals surface area (Å²) in [6, 6.07) is 18.0. The molecule has 0 radical (unpaired) electrons. The van der Waals surface area contributed by atoms with Crippen LogP contribution in [0.1, 0.15) is 22.8 Å². The Hall–Kier alpha value is -2.55. The van der Waals surface area contributed by atoms with Crippen molar-refractivity contribution in [2.75, 3.05) is 0 Å². The van der Waals surface area contributed by atoms with E-state index in [1.54, 1.807) is 6.07 Å². The first-order valence-corrected chi connectivity index (χ1v) is 9.88. The third-order valence-electron chi connectivity index (χ3n) is 4.87. The zero-order valence-corrected chi connectivity index (χ0v) is 16.0. The lowest BCUT2D eigenvalue weighted by Crippen LogP contribution is -2.28. The maximum Gasteiger partial charge on any atom is 0.489 e. The topological polar surface area (TPSA) is 56.2 Å². The summed E-state index contributed by atoms with van der Waals surface area (Å²) in [4.78, 5) is 3.72. The van der Waals surface area contributed by atoms with Crippen LogP contribution >= 0.6 is 11.3 Å². The number of hydrogen-bond acceptors (Lipinski definition) is 3. The Balaban J connectivity index is 1.96. The number of hydrogen-bond donors (Lipinski definition) is 3. The summed E-state index contributed by atoms with van der Waals surface area (Å²) in [5.74, 6) is -0.973. The van der Waals surface area contributed by atoms with Crippen molar-refractivity contribution in [1.82, 2.24) is 4.98 Å². The number of alkyl halides is 3. The lowest BCUT2D eigenvalue weighted by molar-refractivity contribution is -0.136. The molecule has 0 aliphatic heterocycles. The van der Waals surface area contributed by atoms with Gasteiger partial charge in [0.15, 0.2) is 0 Å². The van der Waals surface area contributed by atoms with E-state index in [1.165, 1.54) is 11.4 Å². The average Bonchev–Trinajstić information content (AvgIpc) is 3.31. The minimum absolute atomic E-state index is 0.193. The van der Waals surface area contributed by atoms with E-state index in [4.69, 9.17) is 0 Å². The average molecular weight is 415 g/mol. The Labute approximate surface area is 169 Å². The first-order chi connectivity index (χ1) is 13.8. The molecule has 0 saturated heterocycles. The summed E-state index contributed by atoms with van der Waals surface area (Å²) in [5.41, 5.74) is 2.95.